The first-order valence-corrected chi connectivity index (χ1v) is 11.1. The van der Waals surface area contributed by atoms with Gasteiger partial charge >= 0.3 is 0 Å². The number of unbranched alkanes of at least 4 members (excludes halogenated alkanes) is 1. The van der Waals surface area contributed by atoms with E-state index in [4.69, 9.17) is 23.2 Å². The third kappa shape index (κ3) is 3.65. The van der Waals surface area contributed by atoms with E-state index in [9.17, 15) is 8.42 Å². The lowest BCUT2D eigenvalue weighted by atomic mass is 10.1. The van der Waals surface area contributed by atoms with E-state index >= 15 is 0 Å². The highest BCUT2D eigenvalue weighted by Crippen LogP contribution is 2.37. The molecule has 4 nitrogen and oxygen atoms in total. The number of fused-ring (bicyclic) bond motifs is 1. The van der Waals surface area contributed by atoms with E-state index in [0.717, 1.165) is 29.4 Å². The topological polar surface area (TPSA) is 49.7 Å². The molecule has 23 heavy (non-hydrogen) atoms. The number of anilines is 1. The fraction of sp³-hybridized carbons (Fsp3) is 0.533. The summed E-state index contributed by atoms with van der Waals surface area (Å²) in [4.78, 5) is 6.70. The predicted octanol–water partition coefficient (Wildman–Crippen LogP) is 3.87. The molecule has 0 saturated carbocycles. The standard InChI is InChI=1S/C15H18Cl2N2O2S2/c1-2-3-6-22-15-18-13-8-23(20,21)9-14(13)19(15)10-4-5-11(16)12(17)7-10/h4-5,7,13-14H,2-3,6,8-9H2,1H3/t13-,14-/m1/s1. The molecule has 1 fully saturated rings. The molecular weight excluding hydrogens is 375 g/mol. The van der Waals surface area contributed by atoms with Gasteiger partial charge in [0.25, 0.3) is 0 Å². The normalized spacial score (nSPS) is 25.5. The first-order chi connectivity index (χ1) is 10.9. The largest absolute Gasteiger partial charge is 0.315 e. The van der Waals surface area contributed by atoms with E-state index in [1.165, 1.54) is 0 Å². The molecule has 0 spiro atoms. The molecular formula is C15H18Cl2N2O2S2. The molecule has 2 aliphatic heterocycles. The van der Waals surface area contributed by atoms with Crippen molar-refractivity contribution in [1.82, 2.24) is 0 Å². The fourth-order valence-corrected chi connectivity index (χ4v) is 6.22. The Morgan fingerprint density at radius 1 is 1.30 bits per heavy atom. The van der Waals surface area contributed by atoms with Crippen LogP contribution < -0.4 is 4.90 Å². The molecule has 2 heterocycles. The molecule has 126 valence electrons. The van der Waals surface area contributed by atoms with Crippen LogP contribution in [-0.2, 0) is 9.84 Å². The van der Waals surface area contributed by atoms with E-state index in [1.807, 2.05) is 11.0 Å². The highest BCUT2D eigenvalue weighted by molar-refractivity contribution is 8.14. The lowest BCUT2D eigenvalue weighted by molar-refractivity contribution is 0.601. The average molecular weight is 393 g/mol. The molecule has 0 aliphatic carbocycles. The van der Waals surface area contributed by atoms with Crippen LogP contribution in [0.1, 0.15) is 19.8 Å². The summed E-state index contributed by atoms with van der Waals surface area (Å²) in [6.07, 6.45) is 2.22. The van der Waals surface area contributed by atoms with Gasteiger partial charge in [-0.15, -0.1) is 0 Å². The molecule has 1 aromatic carbocycles. The summed E-state index contributed by atoms with van der Waals surface area (Å²) in [6, 6.07) is 5.08. The van der Waals surface area contributed by atoms with E-state index in [1.54, 1.807) is 23.9 Å². The van der Waals surface area contributed by atoms with Crippen molar-refractivity contribution in [1.29, 1.82) is 0 Å². The average Bonchev–Trinajstić information content (AvgIpc) is 2.93. The summed E-state index contributed by atoms with van der Waals surface area (Å²) in [5.74, 6) is 1.24. The molecule has 3 rings (SSSR count). The van der Waals surface area contributed by atoms with Gasteiger partial charge in [0.2, 0.25) is 0 Å². The van der Waals surface area contributed by atoms with E-state index in [0.29, 0.717) is 10.0 Å². The molecule has 0 amide bonds. The SMILES string of the molecule is CCCCSC1=N[C@@H]2CS(=O)(=O)C[C@H]2N1c1ccc(Cl)c(Cl)c1. The molecule has 1 aromatic rings. The molecule has 0 bridgehead atoms. The zero-order valence-corrected chi connectivity index (χ0v) is 15.9. The maximum Gasteiger partial charge on any atom is 0.164 e. The monoisotopic (exact) mass is 392 g/mol. The number of rotatable bonds is 4. The lowest BCUT2D eigenvalue weighted by Gasteiger charge is -2.26. The van der Waals surface area contributed by atoms with Crippen molar-refractivity contribution >= 4 is 55.7 Å². The van der Waals surface area contributed by atoms with Crippen molar-refractivity contribution in [2.24, 2.45) is 4.99 Å². The Labute approximate surface area is 151 Å². The summed E-state index contributed by atoms with van der Waals surface area (Å²) in [5, 5.41) is 1.84. The van der Waals surface area contributed by atoms with Crippen LogP contribution in [0.2, 0.25) is 10.0 Å². The number of amidine groups is 1. The third-order valence-electron chi connectivity index (χ3n) is 4.02. The quantitative estimate of drug-likeness (QED) is 0.729. The molecule has 0 unspecified atom stereocenters. The Kier molecular flexibility index (Phi) is 5.16. The number of aliphatic imine (C=N–C) groups is 1. The minimum Gasteiger partial charge on any atom is -0.315 e. The molecule has 0 N–H and O–H groups in total. The Balaban J connectivity index is 1.92. The van der Waals surface area contributed by atoms with Gasteiger partial charge < -0.3 is 4.90 Å². The Morgan fingerprint density at radius 3 is 2.78 bits per heavy atom. The highest BCUT2D eigenvalue weighted by Gasteiger charge is 2.47. The van der Waals surface area contributed by atoms with Crippen LogP contribution in [0.3, 0.4) is 0 Å². The minimum atomic E-state index is -3.03. The first kappa shape index (κ1) is 17.4. The van der Waals surface area contributed by atoms with E-state index in [2.05, 4.69) is 11.9 Å². The van der Waals surface area contributed by atoms with Crippen LogP contribution in [0.25, 0.3) is 0 Å². The molecule has 2 aliphatic rings. The second kappa shape index (κ2) is 6.82. The van der Waals surface area contributed by atoms with Gasteiger partial charge in [0.05, 0.1) is 33.6 Å². The number of thioether (sulfide) groups is 1. The van der Waals surface area contributed by atoms with Crippen molar-refractivity contribution in [3.8, 4) is 0 Å². The van der Waals surface area contributed by atoms with Gasteiger partial charge in [0.15, 0.2) is 15.0 Å². The summed E-state index contributed by atoms with van der Waals surface area (Å²) in [6.45, 7) is 2.15. The van der Waals surface area contributed by atoms with Crippen molar-refractivity contribution < 1.29 is 8.42 Å². The maximum atomic E-state index is 12.0. The van der Waals surface area contributed by atoms with Crippen molar-refractivity contribution in [3.63, 3.8) is 0 Å². The smallest absolute Gasteiger partial charge is 0.164 e. The summed E-state index contributed by atoms with van der Waals surface area (Å²) < 4.78 is 23.9. The van der Waals surface area contributed by atoms with Crippen molar-refractivity contribution in [2.45, 2.75) is 31.8 Å². The van der Waals surface area contributed by atoms with Gasteiger partial charge in [-0.05, 0) is 24.6 Å². The van der Waals surface area contributed by atoms with E-state index in [-0.39, 0.29) is 23.6 Å². The Bertz CT molecular complexity index is 737. The molecule has 8 heteroatoms. The number of halogens is 2. The van der Waals surface area contributed by atoms with Crippen LogP contribution >= 0.6 is 35.0 Å². The second-order valence-corrected chi connectivity index (χ2v) is 9.82. The lowest BCUT2D eigenvalue weighted by Crippen LogP contribution is -2.39. The summed E-state index contributed by atoms with van der Waals surface area (Å²) in [5.41, 5.74) is 0.853. The van der Waals surface area contributed by atoms with Crippen molar-refractivity contribution in [2.75, 3.05) is 22.2 Å². The molecule has 0 radical (unpaired) electrons. The number of hydrogen-bond donors (Lipinski definition) is 0. The minimum absolute atomic E-state index is 0.132. The van der Waals surface area contributed by atoms with Gasteiger partial charge in [-0.2, -0.15) is 0 Å². The molecule has 0 aromatic heterocycles. The predicted molar refractivity (Wildman–Crippen MR) is 100.0 cm³/mol. The van der Waals surface area contributed by atoms with Gasteiger partial charge in [-0.1, -0.05) is 48.3 Å². The number of nitrogens with zero attached hydrogens (tertiary/aromatic N) is 2. The first-order valence-electron chi connectivity index (χ1n) is 7.56. The Hall–Kier alpha value is -0.430. The number of benzene rings is 1. The molecule has 1 saturated heterocycles. The zero-order valence-electron chi connectivity index (χ0n) is 12.7. The molecule has 2 atom stereocenters. The fourth-order valence-electron chi connectivity index (χ4n) is 2.88. The van der Waals surface area contributed by atoms with Gasteiger partial charge in [0, 0.05) is 11.4 Å². The van der Waals surface area contributed by atoms with Gasteiger partial charge in [-0.25, -0.2) is 8.42 Å². The van der Waals surface area contributed by atoms with Crippen LogP contribution in [0.15, 0.2) is 23.2 Å². The van der Waals surface area contributed by atoms with Crippen LogP contribution in [0.5, 0.6) is 0 Å². The highest BCUT2D eigenvalue weighted by atomic mass is 35.5. The van der Waals surface area contributed by atoms with Crippen molar-refractivity contribution in [3.05, 3.63) is 28.2 Å². The Morgan fingerprint density at radius 2 is 2.09 bits per heavy atom. The third-order valence-corrected chi connectivity index (χ3v) is 7.51. The zero-order chi connectivity index (χ0) is 16.6. The number of hydrogen-bond acceptors (Lipinski definition) is 5. The number of sulfone groups is 1. The maximum absolute atomic E-state index is 12.0. The summed E-state index contributed by atoms with van der Waals surface area (Å²) >= 11 is 13.8. The van der Waals surface area contributed by atoms with E-state index < -0.39 is 9.84 Å². The second-order valence-electron chi connectivity index (χ2n) is 5.79. The van der Waals surface area contributed by atoms with Crippen LogP contribution in [0.4, 0.5) is 5.69 Å². The van der Waals surface area contributed by atoms with Crippen LogP contribution in [0, 0.1) is 0 Å². The van der Waals surface area contributed by atoms with Crippen LogP contribution in [-0.4, -0.2) is 42.9 Å². The van der Waals surface area contributed by atoms with Gasteiger partial charge in [0.1, 0.15) is 0 Å². The summed E-state index contributed by atoms with van der Waals surface area (Å²) in [7, 11) is -3.03. The van der Waals surface area contributed by atoms with Gasteiger partial charge in [-0.3, -0.25) is 4.99 Å².